The number of aromatic nitrogens is 2. The number of amides is 1. The van der Waals surface area contributed by atoms with Crippen molar-refractivity contribution in [2.45, 2.75) is 51.5 Å². The number of methoxy groups -OCH3 is 1. The van der Waals surface area contributed by atoms with Crippen molar-refractivity contribution in [2.24, 2.45) is 0 Å². The third-order valence-corrected chi connectivity index (χ3v) is 5.02. The van der Waals surface area contributed by atoms with Crippen molar-refractivity contribution in [3.8, 4) is 5.69 Å². The van der Waals surface area contributed by atoms with Crippen LogP contribution in [0.1, 0.15) is 53.8 Å². The van der Waals surface area contributed by atoms with E-state index in [1.807, 2.05) is 36.7 Å². The van der Waals surface area contributed by atoms with Crippen molar-refractivity contribution >= 4 is 11.9 Å². The van der Waals surface area contributed by atoms with Crippen LogP contribution >= 0.6 is 0 Å². The molecular weight excluding hydrogens is 330 g/mol. The van der Waals surface area contributed by atoms with Crippen molar-refractivity contribution in [1.29, 1.82) is 0 Å². The lowest BCUT2D eigenvalue weighted by molar-refractivity contribution is -0.149. The lowest BCUT2D eigenvalue weighted by Crippen LogP contribution is -2.56. The minimum atomic E-state index is -0.904. The first-order chi connectivity index (χ1) is 12.4. The van der Waals surface area contributed by atoms with E-state index in [1.165, 1.54) is 7.11 Å². The summed E-state index contributed by atoms with van der Waals surface area (Å²) in [5.74, 6) is -0.609. The molecule has 1 aromatic carbocycles. The molecule has 1 aliphatic rings. The summed E-state index contributed by atoms with van der Waals surface area (Å²) in [6.07, 6.45) is 4.13. The number of carbonyl (C=O) groups is 2. The number of nitrogens with one attached hydrogen (secondary N) is 1. The Balaban J connectivity index is 1.79. The lowest BCUT2D eigenvalue weighted by atomic mass is 9.81. The van der Waals surface area contributed by atoms with E-state index >= 15 is 0 Å². The second kappa shape index (κ2) is 7.32. The van der Waals surface area contributed by atoms with E-state index in [1.54, 1.807) is 12.1 Å². The van der Waals surface area contributed by atoms with Gasteiger partial charge in [0, 0.05) is 11.3 Å². The van der Waals surface area contributed by atoms with Crippen molar-refractivity contribution in [3.63, 3.8) is 0 Å². The van der Waals surface area contributed by atoms with Crippen LogP contribution in [0.25, 0.3) is 5.69 Å². The minimum absolute atomic E-state index is 0.253. The van der Waals surface area contributed by atoms with Crippen LogP contribution in [0.3, 0.4) is 0 Å². The summed E-state index contributed by atoms with van der Waals surface area (Å²) in [7, 11) is 1.37. The highest BCUT2D eigenvalue weighted by Crippen LogP contribution is 2.29. The molecule has 1 N–H and O–H groups in total. The summed E-state index contributed by atoms with van der Waals surface area (Å²) < 4.78 is 6.80. The Kier molecular flexibility index (Phi) is 5.11. The van der Waals surface area contributed by atoms with Crippen LogP contribution in [0.15, 0.2) is 30.3 Å². The number of aryl methyl sites for hydroxylation is 2. The number of rotatable bonds is 4. The molecule has 0 saturated heterocycles. The first-order valence-electron chi connectivity index (χ1n) is 9.00. The monoisotopic (exact) mass is 355 g/mol. The standard InChI is InChI=1S/C20H25N3O3/c1-14-13-15(2)23(22-14)17-9-7-16(8-10-17)18(24)21-20(19(25)26-3)11-5-4-6-12-20/h7-10,13H,4-6,11-12H2,1-3H3,(H,21,24). The van der Waals surface area contributed by atoms with Gasteiger partial charge in [0.05, 0.1) is 18.5 Å². The fourth-order valence-electron chi connectivity index (χ4n) is 3.66. The van der Waals surface area contributed by atoms with Gasteiger partial charge in [0.15, 0.2) is 0 Å². The molecule has 1 amide bonds. The zero-order valence-electron chi connectivity index (χ0n) is 15.5. The molecule has 3 rings (SSSR count). The zero-order chi connectivity index (χ0) is 18.7. The molecule has 0 atom stereocenters. The molecule has 0 spiro atoms. The normalized spacial score (nSPS) is 16.1. The predicted molar refractivity (Wildman–Crippen MR) is 98.3 cm³/mol. The van der Waals surface area contributed by atoms with E-state index in [4.69, 9.17) is 4.74 Å². The van der Waals surface area contributed by atoms with Gasteiger partial charge in [0.25, 0.3) is 5.91 Å². The van der Waals surface area contributed by atoms with Crippen molar-refractivity contribution in [1.82, 2.24) is 15.1 Å². The fraction of sp³-hybridized carbons (Fsp3) is 0.450. The van der Waals surface area contributed by atoms with E-state index < -0.39 is 5.54 Å². The number of benzene rings is 1. The van der Waals surface area contributed by atoms with E-state index in [0.29, 0.717) is 18.4 Å². The van der Waals surface area contributed by atoms with Crippen LogP contribution in [0.2, 0.25) is 0 Å². The van der Waals surface area contributed by atoms with Crippen LogP contribution in [-0.2, 0) is 9.53 Å². The Morgan fingerprint density at radius 3 is 2.31 bits per heavy atom. The molecule has 1 aliphatic carbocycles. The minimum Gasteiger partial charge on any atom is -0.467 e. The molecule has 0 radical (unpaired) electrons. The van der Waals surface area contributed by atoms with Crippen LogP contribution in [-0.4, -0.2) is 34.3 Å². The van der Waals surface area contributed by atoms with Crippen LogP contribution in [0.5, 0.6) is 0 Å². The lowest BCUT2D eigenvalue weighted by Gasteiger charge is -2.35. The van der Waals surface area contributed by atoms with Crippen LogP contribution < -0.4 is 5.32 Å². The number of hydrogen-bond acceptors (Lipinski definition) is 4. The van der Waals surface area contributed by atoms with Crippen molar-refractivity contribution < 1.29 is 14.3 Å². The predicted octanol–water partition coefficient (Wildman–Crippen LogP) is 3.09. The maximum absolute atomic E-state index is 12.7. The van der Waals surface area contributed by atoms with Gasteiger partial charge in [0.2, 0.25) is 0 Å². The van der Waals surface area contributed by atoms with Gasteiger partial charge in [0.1, 0.15) is 5.54 Å². The molecule has 1 heterocycles. The Hall–Kier alpha value is -2.63. The first-order valence-corrected chi connectivity index (χ1v) is 9.00. The average Bonchev–Trinajstić information content (AvgIpc) is 3.00. The zero-order valence-corrected chi connectivity index (χ0v) is 15.5. The van der Waals surface area contributed by atoms with E-state index in [2.05, 4.69) is 10.4 Å². The van der Waals surface area contributed by atoms with Gasteiger partial charge in [-0.3, -0.25) is 4.79 Å². The smallest absolute Gasteiger partial charge is 0.331 e. The Bertz CT molecular complexity index is 802. The SMILES string of the molecule is COC(=O)C1(NC(=O)c2ccc(-n3nc(C)cc3C)cc2)CCCCC1. The molecule has 1 aromatic heterocycles. The van der Waals surface area contributed by atoms with Gasteiger partial charge in [-0.1, -0.05) is 19.3 Å². The summed E-state index contributed by atoms with van der Waals surface area (Å²) >= 11 is 0. The van der Waals surface area contributed by atoms with Crippen LogP contribution in [0, 0.1) is 13.8 Å². The Morgan fingerprint density at radius 2 is 1.77 bits per heavy atom. The Morgan fingerprint density at radius 1 is 1.12 bits per heavy atom. The maximum Gasteiger partial charge on any atom is 0.331 e. The van der Waals surface area contributed by atoms with E-state index in [9.17, 15) is 9.59 Å². The third-order valence-electron chi connectivity index (χ3n) is 5.02. The molecule has 0 aliphatic heterocycles. The molecule has 1 saturated carbocycles. The summed E-state index contributed by atoms with van der Waals surface area (Å²) in [5.41, 5.74) is 2.49. The summed E-state index contributed by atoms with van der Waals surface area (Å²) in [5, 5.41) is 7.39. The highest BCUT2D eigenvalue weighted by molar-refractivity contribution is 5.98. The van der Waals surface area contributed by atoms with Gasteiger partial charge in [-0.25, -0.2) is 9.48 Å². The van der Waals surface area contributed by atoms with Gasteiger partial charge >= 0.3 is 5.97 Å². The molecule has 138 valence electrons. The van der Waals surface area contributed by atoms with Crippen molar-refractivity contribution in [3.05, 3.63) is 47.3 Å². The molecule has 6 nitrogen and oxygen atoms in total. The van der Waals surface area contributed by atoms with Gasteiger partial charge < -0.3 is 10.1 Å². The second-order valence-corrected chi connectivity index (χ2v) is 6.97. The molecule has 0 bridgehead atoms. The molecule has 0 unspecified atom stereocenters. The quantitative estimate of drug-likeness (QED) is 0.856. The van der Waals surface area contributed by atoms with E-state index in [0.717, 1.165) is 36.3 Å². The van der Waals surface area contributed by atoms with Gasteiger partial charge in [-0.2, -0.15) is 5.10 Å². The van der Waals surface area contributed by atoms with Gasteiger partial charge in [-0.15, -0.1) is 0 Å². The second-order valence-electron chi connectivity index (χ2n) is 6.97. The molecular formula is C20H25N3O3. The van der Waals surface area contributed by atoms with Gasteiger partial charge in [-0.05, 0) is 57.0 Å². The van der Waals surface area contributed by atoms with Crippen molar-refractivity contribution in [2.75, 3.05) is 7.11 Å². The first kappa shape index (κ1) is 18.2. The van der Waals surface area contributed by atoms with E-state index in [-0.39, 0.29) is 11.9 Å². The number of nitrogens with zero attached hydrogens (tertiary/aromatic N) is 2. The number of hydrogen-bond donors (Lipinski definition) is 1. The maximum atomic E-state index is 12.7. The molecule has 2 aromatic rings. The molecule has 26 heavy (non-hydrogen) atoms. The summed E-state index contributed by atoms with van der Waals surface area (Å²) in [6, 6.07) is 9.24. The number of esters is 1. The molecule has 1 fully saturated rings. The highest BCUT2D eigenvalue weighted by Gasteiger charge is 2.42. The van der Waals surface area contributed by atoms with Crippen LogP contribution in [0.4, 0.5) is 0 Å². The number of carbonyl (C=O) groups excluding carboxylic acids is 2. The third kappa shape index (κ3) is 3.49. The highest BCUT2D eigenvalue weighted by atomic mass is 16.5. The summed E-state index contributed by atoms with van der Waals surface area (Å²) in [6.45, 7) is 3.94. The number of ether oxygens (including phenoxy) is 1. The molecule has 6 heteroatoms. The fourth-order valence-corrected chi connectivity index (χ4v) is 3.66. The Labute approximate surface area is 153 Å². The topological polar surface area (TPSA) is 73.2 Å². The largest absolute Gasteiger partial charge is 0.467 e. The average molecular weight is 355 g/mol. The summed E-state index contributed by atoms with van der Waals surface area (Å²) in [4.78, 5) is 25.0.